The summed E-state index contributed by atoms with van der Waals surface area (Å²) >= 11 is 6.28. The predicted molar refractivity (Wildman–Crippen MR) is 124 cm³/mol. The molecular formula is C24H31ClFNO3S. The smallest absolute Gasteiger partial charge is 0.181 e. The average molecular weight is 468 g/mol. The molecule has 1 fully saturated rings. The van der Waals surface area contributed by atoms with Crippen molar-refractivity contribution in [3.63, 3.8) is 0 Å². The monoisotopic (exact) mass is 467 g/mol. The van der Waals surface area contributed by atoms with Gasteiger partial charge in [0.25, 0.3) is 0 Å². The van der Waals surface area contributed by atoms with Crippen LogP contribution in [0.2, 0.25) is 5.02 Å². The molecule has 0 spiro atoms. The van der Waals surface area contributed by atoms with E-state index in [0.29, 0.717) is 42.6 Å². The molecule has 1 N–H and O–H groups in total. The van der Waals surface area contributed by atoms with E-state index in [4.69, 9.17) is 21.1 Å². The van der Waals surface area contributed by atoms with Gasteiger partial charge in [-0.25, -0.2) is 13.3 Å². The molecule has 2 aromatic rings. The fourth-order valence-electron chi connectivity index (χ4n) is 3.66. The van der Waals surface area contributed by atoms with E-state index in [1.807, 2.05) is 39.0 Å². The highest BCUT2D eigenvalue weighted by Gasteiger charge is 2.28. The van der Waals surface area contributed by atoms with Crippen molar-refractivity contribution in [2.75, 3.05) is 19.0 Å². The number of nitrogens with one attached hydrogen (secondary N) is 1. The van der Waals surface area contributed by atoms with Crippen LogP contribution in [0.15, 0.2) is 42.5 Å². The molecule has 2 atom stereocenters. The number of benzene rings is 2. The molecule has 1 aliphatic heterocycles. The zero-order valence-electron chi connectivity index (χ0n) is 18.3. The molecule has 4 nitrogen and oxygen atoms in total. The molecule has 2 aromatic carbocycles. The van der Waals surface area contributed by atoms with Crippen LogP contribution in [0.5, 0.6) is 11.5 Å². The lowest BCUT2D eigenvalue weighted by Crippen LogP contribution is -2.32. The molecule has 170 valence electrons. The van der Waals surface area contributed by atoms with Crippen LogP contribution in [0, 0.1) is 17.2 Å². The van der Waals surface area contributed by atoms with Crippen LogP contribution >= 0.6 is 11.6 Å². The van der Waals surface area contributed by atoms with Gasteiger partial charge in [-0.2, -0.15) is 0 Å². The van der Waals surface area contributed by atoms with Crippen molar-refractivity contribution in [3.8, 4) is 11.5 Å². The number of hydrogen-bond acceptors (Lipinski definition) is 3. The molecule has 0 saturated carbocycles. The predicted octanol–water partition coefficient (Wildman–Crippen LogP) is 6.43. The van der Waals surface area contributed by atoms with Crippen molar-refractivity contribution >= 4 is 22.6 Å². The van der Waals surface area contributed by atoms with Gasteiger partial charge in [0.2, 0.25) is 0 Å². The highest BCUT2D eigenvalue weighted by atomic mass is 35.5. The summed E-state index contributed by atoms with van der Waals surface area (Å²) in [6, 6.07) is 11.9. The van der Waals surface area contributed by atoms with Gasteiger partial charge in [-0.05, 0) is 48.8 Å². The molecule has 7 heteroatoms. The van der Waals surface area contributed by atoms with Crippen molar-refractivity contribution in [1.29, 1.82) is 0 Å². The van der Waals surface area contributed by atoms with Crippen LogP contribution in [-0.4, -0.2) is 23.2 Å². The molecule has 0 aromatic heterocycles. The van der Waals surface area contributed by atoms with E-state index in [1.54, 1.807) is 24.3 Å². The Hall–Kier alpha value is -1.47. The van der Waals surface area contributed by atoms with Gasteiger partial charge in [0, 0.05) is 30.6 Å². The molecule has 3 rings (SSSR count). The van der Waals surface area contributed by atoms with Crippen LogP contribution in [0.4, 0.5) is 4.39 Å². The second-order valence-electron chi connectivity index (χ2n) is 9.21. The largest absolute Gasteiger partial charge is 0.453 e. The second-order valence-corrected chi connectivity index (χ2v) is 10.8. The minimum absolute atomic E-state index is 0.00857. The standard InChI is InChI=1S/C24H31ClFNO3S/c1-24(2,3)16-31(28)27-21(15-17-11-13-29-14-12-17)19-9-10-20(25)23(22(19)26)30-18-7-5-4-6-8-18/h4-10,17,21,27H,11-16H2,1-3H3/t21-,31+/m0/s1. The third-order valence-electron chi connectivity index (χ3n) is 5.17. The van der Waals surface area contributed by atoms with Crippen molar-refractivity contribution < 1.29 is 18.1 Å². The molecule has 31 heavy (non-hydrogen) atoms. The van der Waals surface area contributed by atoms with E-state index in [1.165, 1.54) is 0 Å². The van der Waals surface area contributed by atoms with Gasteiger partial charge in [-0.1, -0.05) is 56.6 Å². The van der Waals surface area contributed by atoms with Gasteiger partial charge in [0.05, 0.1) is 16.0 Å². The normalized spacial score (nSPS) is 17.3. The lowest BCUT2D eigenvalue weighted by Gasteiger charge is -2.29. The van der Waals surface area contributed by atoms with Gasteiger partial charge in [-0.15, -0.1) is 0 Å². The fraction of sp³-hybridized carbons (Fsp3) is 0.500. The van der Waals surface area contributed by atoms with Gasteiger partial charge in [0.15, 0.2) is 11.6 Å². The van der Waals surface area contributed by atoms with Crippen LogP contribution in [0.1, 0.15) is 51.6 Å². The highest BCUT2D eigenvalue weighted by molar-refractivity contribution is 7.83. The molecule has 1 saturated heterocycles. The fourth-order valence-corrected chi connectivity index (χ4v) is 5.26. The minimum atomic E-state index is -1.30. The summed E-state index contributed by atoms with van der Waals surface area (Å²) in [7, 11) is -1.30. The number of ether oxygens (including phenoxy) is 2. The Morgan fingerprint density at radius 3 is 2.52 bits per heavy atom. The molecule has 0 amide bonds. The van der Waals surface area contributed by atoms with Crippen LogP contribution in [-0.2, 0) is 15.7 Å². The zero-order valence-corrected chi connectivity index (χ0v) is 19.9. The zero-order chi connectivity index (χ0) is 22.4. The first-order valence-corrected chi connectivity index (χ1v) is 12.4. The Morgan fingerprint density at radius 1 is 1.19 bits per heavy atom. The van der Waals surface area contributed by atoms with E-state index in [9.17, 15) is 4.21 Å². The van der Waals surface area contributed by atoms with Crippen LogP contribution < -0.4 is 9.46 Å². The van der Waals surface area contributed by atoms with E-state index >= 15 is 4.39 Å². The highest BCUT2D eigenvalue weighted by Crippen LogP contribution is 2.38. The van der Waals surface area contributed by atoms with Gasteiger partial charge in [-0.3, -0.25) is 0 Å². The first-order valence-electron chi connectivity index (χ1n) is 10.7. The van der Waals surface area contributed by atoms with Gasteiger partial charge in [0.1, 0.15) is 5.75 Å². The molecular weight excluding hydrogens is 437 g/mol. The molecule has 1 heterocycles. The van der Waals surface area contributed by atoms with E-state index in [2.05, 4.69) is 4.72 Å². The first-order chi connectivity index (χ1) is 14.7. The molecule has 0 bridgehead atoms. The third-order valence-corrected chi connectivity index (χ3v) is 7.14. The summed E-state index contributed by atoms with van der Waals surface area (Å²) in [6.07, 6.45) is 2.49. The van der Waals surface area contributed by atoms with Crippen molar-refractivity contribution in [1.82, 2.24) is 4.72 Å². The first kappa shape index (κ1) is 24.2. The van der Waals surface area contributed by atoms with Crippen LogP contribution in [0.25, 0.3) is 0 Å². The SMILES string of the molecule is CC(C)(C)C[S@@](=O)N[C@@H](CC1CCOCC1)c1ccc(Cl)c(Oc2ccccc2)c1F. The minimum Gasteiger partial charge on any atom is -0.453 e. The topological polar surface area (TPSA) is 47.6 Å². The van der Waals surface area contributed by atoms with Gasteiger partial charge < -0.3 is 9.47 Å². The number of hydrogen-bond donors (Lipinski definition) is 1. The number of halogens is 2. The summed E-state index contributed by atoms with van der Waals surface area (Å²) in [5, 5.41) is 0.200. The quantitative estimate of drug-likeness (QED) is 0.486. The van der Waals surface area contributed by atoms with Crippen molar-refractivity contribution in [2.24, 2.45) is 11.3 Å². The second kappa shape index (κ2) is 10.9. The Kier molecular flexibility index (Phi) is 8.50. The summed E-state index contributed by atoms with van der Waals surface area (Å²) in [5.74, 6) is 0.816. The average Bonchev–Trinajstić information content (AvgIpc) is 2.71. The van der Waals surface area contributed by atoms with E-state index in [0.717, 1.165) is 12.8 Å². The molecule has 0 radical (unpaired) electrons. The summed E-state index contributed by atoms with van der Waals surface area (Å²) in [4.78, 5) is 0. The molecule has 1 aliphatic rings. The molecule has 0 aliphatic carbocycles. The Bertz CT molecular complexity index is 882. The number of para-hydroxylation sites is 1. The Morgan fingerprint density at radius 2 is 1.87 bits per heavy atom. The maximum absolute atomic E-state index is 15.6. The third kappa shape index (κ3) is 7.28. The maximum Gasteiger partial charge on any atom is 0.181 e. The lowest BCUT2D eigenvalue weighted by molar-refractivity contribution is 0.0612. The van der Waals surface area contributed by atoms with Gasteiger partial charge >= 0.3 is 0 Å². The van der Waals surface area contributed by atoms with Crippen molar-refractivity contribution in [2.45, 2.75) is 46.1 Å². The number of rotatable bonds is 8. The summed E-state index contributed by atoms with van der Waals surface area (Å²) in [6.45, 7) is 7.51. The Labute approximate surface area is 192 Å². The van der Waals surface area contributed by atoms with Crippen molar-refractivity contribution in [3.05, 3.63) is 58.9 Å². The molecule has 0 unspecified atom stereocenters. The van der Waals surface area contributed by atoms with Crippen LogP contribution in [0.3, 0.4) is 0 Å². The maximum atomic E-state index is 15.6. The van der Waals surface area contributed by atoms with E-state index in [-0.39, 0.29) is 16.2 Å². The summed E-state index contributed by atoms with van der Waals surface area (Å²) < 4.78 is 42.9. The lowest BCUT2D eigenvalue weighted by atomic mass is 9.89. The summed E-state index contributed by atoms with van der Waals surface area (Å²) in [5.41, 5.74) is 0.311. The van der Waals surface area contributed by atoms with E-state index < -0.39 is 22.8 Å². The Balaban J connectivity index is 1.89.